The van der Waals surface area contributed by atoms with Crippen LogP contribution in [-0.4, -0.2) is 21.3 Å². The number of aromatic nitrogens is 2. The van der Waals surface area contributed by atoms with E-state index in [2.05, 4.69) is 5.10 Å². The minimum atomic E-state index is 0.0683. The van der Waals surface area contributed by atoms with Gasteiger partial charge in [-0.3, -0.25) is 9.48 Å². The Bertz CT molecular complexity index is 773. The Morgan fingerprint density at radius 1 is 1.40 bits per heavy atom. The largest absolute Gasteiger partial charge is 0.464 e. The third-order valence-electron chi connectivity index (χ3n) is 3.09. The highest BCUT2D eigenvalue weighted by molar-refractivity contribution is 7.99. The summed E-state index contributed by atoms with van der Waals surface area (Å²) in [5, 5.41) is 6.13. The summed E-state index contributed by atoms with van der Waals surface area (Å²) in [7, 11) is 1.88. The molecular weight excluding hydrogens is 272 g/mol. The maximum Gasteiger partial charge on any atom is 0.176 e. The van der Waals surface area contributed by atoms with Crippen LogP contribution in [0.3, 0.4) is 0 Å². The zero-order valence-corrected chi connectivity index (χ0v) is 12.1. The maximum atomic E-state index is 12.3. The van der Waals surface area contributed by atoms with Gasteiger partial charge in [0.1, 0.15) is 11.8 Å². The number of furan rings is 1. The summed E-state index contributed by atoms with van der Waals surface area (Å²) in [4.78, 5) is 12.3. The smallest absolute Gasteiger partial charge is 0.176 e. The molecule has 0 bridgehead atoms. The third-order valence-corrected chi connectivity index (χ3v) is 4.18. The number of aryl methyl sites for hydroxylation is 2. The molecule has 5 heteroatoms. The van der Waals surface area contributed by atoms with Crippen molar-refractivity contribution in [2.24, 2.45) is 7.05 Å². The number of nitrogens with zero attached hydrogens (tertiary/aromatic N) is 2. The van der Waals surface area contributed by atoms with Crippen molar-refractivity contribution in [3.8, 4) is 0 Å². The van der Waals surface area contributed by atoms with Crippen molar-refractivity contribution in [1.29, 1.82) is 0 Å². The minimum Gasteiger partial charge on any atom is -0.464 e. The molecule has 0 amide bonds. The number of thioether (sulfide) groups is 1. The molecule has 3 rings (SSSR count). The molecule has 0 atom stereocenters. The first-order chi connectivity index (χ1) is 9.65. The number of ketones is 1. The lowest BCUT2D eigenvalue weighted by Gasteiger charge is -2.00. The number of carbonyl (C=O) groups is 1. The number of hydrogen-bond acceptors (Lipinski definition) is 4. The van der Waals surface area contributed by atoms with Gasteiger partial charge in [-0.1, -0.05) is 30.0 Å². The first-order valence-corrected chi connectivity index (χ1v) is 7.26. The summed E-state index contributed by atoms with van der Waals surface area (Å²) in [6.45, 7) is 1.94. The minimum absolute atomic E-state index is 0.0683. The van der Waals surface area contributed by atoms with E-state index in [1.165, 1.54) is 11.8 Å². The van der Waals surface area contributed by atoms with Crippen LogP contribution >= 0.6 is 11.8 Å². The van der Waals surface area contributed by atoms with Crippen LogP contribution in [0.5, 0.6) is 0 Å². The second-order valence-electron chi connectivity index (χ2n) is 4.60. The molecule has 102 valence electrons. The fourth-order valence-corrected chi connectivity index (χ4v) is 3.05. The summed E-state index contributed by atoms with van der Waals surface area (Å²) >= 11 is 1.49. The molecule has 0 saturated carbocycles. The molecule has 0 radical (unpaired) electrons. The van der Waals surface area contributed by atoms with Gasteiger partial charge in [-0.2, -0.15) is 5.10 Å². The zero-order valence-electron chi connectivity index (χ0n) is 11.3. The summed E-state index contributed by atoms with van der Waals surface area (Å²) in [6.07, 6.45) is 1.54. The van der Waals surface area contributed by atoms with E-state index in [0.717, 1.165) is 21.7 Å². The summed E-state index contributed by atoms with van der Waals surface area (Å²) in [5.74, 6) is 0.446. The molecule has 20 heavy (non-hydrogen) atoms. The summed E-state index contributed by atoms with van der Waals surface area (Å²) in [5.41, 5.74) is 2.35. The van der Waals surface area contributed by atoms with Gasteiger partial charge in [0.05, 0.1) is 22.0 Å². The second kappa shape index (κ2) is 5.17. The second-order valence-corrected chi connectivity index (χ2v) is 5.60. The predicted octanol–water partition coefficient (Wildman–Crippen LogP) is 3.45. The molecule has 0 aliphatic heterocycles. The van der Waals surface area contributed by atoms with Gasteiger partial charge in [0, 0.05) is 12.4 Å². The Balaban J connectivity index is 1.78. The molecule has 4 nitrogen and oxygen atoms in total. The fraction of sp³-hybridized carbons (Fsp3) is 0.200. The Labute approximate surface area is 120 Å². The molecule has 2 heterocycles. The van der Waals surface area contributed by atoms with Crippen LogP contribution in [0.25, 0.3) is 11.0 Å². The van der Waals surface area contributed by atoms with E-state index in [1.807, 2.05) is 44.3 Å². The van der Waals surface area contributed by atoms with Crippen LogP contribution in [-0.2, 0) is 7.05 Å². The molecule has 0 saturated heterocycles. The highest BCUT2D eigenvalue weighted by Crippen LogP contribution is 2.24. The van der Waals surface area contributed by atoms with E-state index in [9.17, 15) is 4.79 Å². The molecule has 0 N–H and O–H groups in total. The van der Waals surface area contributed by atoms with Crippen molar-refractivity contribution in [1.82, 2.24) is 9.78 Å². The van der Waals surface area contributed by atoms with Crippen LogP contribution in [0.2, 0.25) is 0 Å². The van der Waals surface area contributed by atoms with E-state index < -0.39 is 0 Å². The number of para-hydroxylation sites is 1. The average Bonchev–Trinajstić information content (AvgIpc) is 2.99. The lowest BCUT2D eigenvalue weighted by molar-refractivity contribution is 0.102. The van der Waals surface area contributed by atoms with Crippen LogP contribution in [0.1, 0.15) is 16.1 Å². The van der Waals surface area contributed by atoms with Crippen molar-refractivity contribution in [2.45, 2.75) is 11.9 Å². The topological polar surface area (TPSA) is 48.0 Å². The van der Waals surface area contributed by atoms with Gasteiger partial charge >= 0.3 is 0 Å². The molecular formula is C15H14N2O2S. The molecule has 0 aliphatic rings. The first kappa shape index (κ1) is 13.0. The average molecular weight is 286 g/mol. The van der Waals surface area contributed by atoms with Crippen LogP contribution in [0.15, 0.2) is 46.0 Å². The highest BCUT2D eigenvalue weighted by Gasteiger charge is 2.14. The number of fused-ring (bicyclic) bond motifs is 1. The molecule has 0 unspecified atom stereocenters. The van der Waals surface area contributed by atoms with Crippen LogP contribution in [0.4, 0.5) is 0 Å². The molecule has 2 aromatic heterocycles. The molecule has 0 aliphatic carbocycles. The van der Waals surface area contributed by atoms with Crippen molar-refractivity contribution in [3.63, 3.8) is 0 Å². The fourth-order valence-electron chi connectivity index (χ4n) is 2.13. The summed E-state index contributed by atoms with van der Waals surface area (Å²) < 4.78 is 7.19. The third kappa shape index (κ3) is 2.36. The Morgan fingerprint density at radius 2 is 2.20 bits per heavy atom. The number of Topliss-reactive ketones (excluding diaryl/α,β-unsaturated/α-hetero) is 1. The van der Waals surface area contributed by atoms with E-state index in [1.54, 1.807) is 10.9 Å². The normalized spacial score (nSPS) is 11.1. The van der Waals surface area contributed by atoms with E-state index in [-0.39, 0.29) is 5.78 Å². The SMILES string of the molecule is Cc1cc(SCC(=O)c2coc3ccccc23)n(C)n1. The van der Waals surface area contributed by atoms with Crippen molar-refractivity contribution >= 4 is 28.5 Å². The van der Waals surface area contributed by atoms with Crippen molar-refractivity contribution in [2.75, 3.05) is 5.75 Å². The first-order valence-electron chi connectivity index (χ1n) is 6.28. The van der Waals surface area contributed by atoms with Gasteiger partial charge in [-0.25, -0.2) is 0 Å². The molecule has 1 aromatic carbocycles. The Morgan fingerprint density at radius 3 is 2.95 bits per heavy atom. The van der Waals surface area contributed by atoms with Crippen molar-refractivity contribution < 1.29 is 9.21 Å². The van der Waals surface area contributed by atoms with Crippen LogP contribution < -0.4 is 0 Å². The maximum absolute atomic E-state index is 12.3. The molecule has 0 fully saturated rings. The number of carbonyl (C=O) groups excluding carboxylic acids is 1. The molecule has 3 aromatic rings. The van der Waals surface area contributed by atoms with Crippen molar-refractivity contribution in [3.05, 3.63) is 47.9 Å². The van der Waals surface area contributed by atoms with Gasteiger partial charge in [0.25, 0.3) is 0 Å². The monoisotopic (exact) mass is 286 g/mol. The Kier molecular flexibility index (Phi) is 3.36. The van der Waals surface area contributed by atoms with Gasteiger partial charge in [0.2, 0.25) is 0 Å². The zero-order chi connectivity index (χ0) is 14.1. The summed E-state index contributed by atoms with van der Waals surface area (Å²) in [6, 6.07) is 9.56. The van der Waals surface area contributed by atoms with Gasteiger partial charge in [-0.15, -0.1) is 0 Å². The number of rotatable bonds is 4. The van der Waals surface area contributed by atoms with Gasteiger partial charge in [-0.05, 0) is 19.1 Å². The van der Waals surface area contributed by atoms with E-state index in [4.69, 9.17) is 4.42 Å². The lowest BCUT2D eigenvalue weighted by Crippen LogP contribution is -2.02. The van der Waals surface area contributed by atoms with Crippen LogP contribution in [0, 0.1) is 6.92 Å². The van der Waals surface area contributed by atoms with E-state index in [0.29, 0.717) is 11.3 Å². The van der Waals surface area contributed by atoms with Gasteiger partial charge < -0.3 is 4.42 Å². The predicted molar refractivity (Wildman–Crippen MR) is 79.2 cm³/mol. The van der Waals surface area contributed by atoms with E-state index >= 15 is 0 Å². The standard InChI is InChI=1S/C15H14N2O2S/c1-10-7-15(17(2)16-10)20-9-13(18)12-8-19-14-6-4-3-5-11(12)14/h3-8H,9H2,1-2H3. The highest BCUT2D eigenvalue weighted by atomic mass is 32.2. The number of benzene rings is 1. The lowest BCUT2D eigenvalue weighted by atomic mass is 10.1. The quantitative estimate of drug-likeness (QED) is 0.544. The van der Waals surface area contributed by atoms with Gasteiger partial charge in [0.15, 0.2) is 5.78 Å². The number of hydrogen-bond donors (Lipinski definition) is 0. The molecule has 0 spiro atoms. The Hall–Kier alpha value is -2.01.